The molecule has 1 aromatic heterocycles. The Bertz CT molecular complexity index is 408. The van der Waals surface area contributed by atoms with Crippen LogP contribution in [0.3, 0.4) is 0 Å². The Balaban J connectivity index is 2.40. The first-order valence-corrected chi connectivity index (χ1v) is 5.11. The van der Waals surface area contributed by atoms with E-state index < -0.39 is 0 Å². The van der Waals surface area contributed by atoms with Gasteiger partial charge < -0.3 is 10.6 Å². The van der Waals surface area contributed by atoms with Crippen LogP contribution in [0.2, 0.25) is 0 Å². The van der Waals surface area contributed by atoms with Gasteiger partial charge in [-0.2, -0.15) is 5.10 Å². The maximum atomic E-state index is 11.7. The lowest BCUT2D eigenvalue weighted by molar-refractivity contribution is -0.117. The van der Waals surface area contributed by atoms with Crippen molar-refractivity contribution in [2.24, 2.45) is 13.0 Å². The molecular formula is C10H16N4O. The maximum absolute atomic E-state index is 11.7. The van der Waals surface area contributed by atoms with Crippen molar-refractivity contribution in [2.45, 2.75) is 26.8 Å². The lowest BCUT2D eigenvalue weighted by Gasteiger charge is -2.27. The molecule has 0 aromatic carbocycles. The van der Waals surface area contributed by atoms with Crippen LogP contribution in [0.15, 0.2) is 0 Å². The molecule has 2 heterocycles. The average molecular weight is 208 g/mol. The van der Waals surface area contributed by atoms with Crippen molar-refractivity contribution in [1.29, 1.82) is 0 Å². The third-order valence-corrected chi connectivity index (χ3v) is 2.71. The van der Waals surface area contributed by atoms with Crippen molar-refractivity contribution in [3.8, 4) is 0 Å². The number of amides is 1. The first-order chi connectivity index (χ1) is 7.00. The Morgan fingerprint density at radius 2 is 2.13 bits per heavy atom. The first kappa shape index (κ1) is 10.0. The van der Waals surface area contributed by atoms with Gasteiger partial charge in [0, 0.05) is 7.05 Å². The van der Waals surface area contributed by atoms with Crippen LogP contribution in [0.4, 0.5) is 11.5 Å². The zero-order valence-electron chi connectivity index (χ0n) is 9.46. The lowest BCUT2D eigenvalue weighted by atomic mass is 10.0. The van der Waals surface area contributed by atoms with Gasteiger partial charge in [-0.1, -0.05) is 13.8 Å². The summed E-state index contributed by atoms with van der Waals surface area (Å²) in [6, 6.07) is -0.174. The van der Waals surface area contributed by atoms with E-state index in [0.29, 0.717) is 0 Å². The molecule has 0 fully saturated rings. The number of fused-ring (bicyclic) bond motifs is 1. The molecule has 1 aliphatic heterocycles. The van der Waals surface area contributed by atoms with Gasteiger partial charge in [0.2, 0.25) is 5.91 Å². The number of aromatic nitrogens is 2. The Hall–Kier alpha value is -1.52. The summed E-state index contributed by atoms with van der Waals surface area (Å²) >= 11 is 0. The smallest absolute Gasteiger partial charge is 0.247 e. The van der Waals surface area contributed by atoms with E-state index in [2.05, 4.69) is 15.7 Å². The highest BCUT2D eigenvalue weighted by atomic mass is 16.2. The molecule has 82 valence electrons. The van der Waals surface area contributed by atoms with Gasteiger partial charge in [-0.3, -0.25) is 9.48 Å². The zero-order valence-corrected chi connectivity index (χ0v) is 9.46. The Labute approximate surface area is 88.8 Å². The second-order valence-corrected chi connectivity index (χ2v) is 4.29. The minimum atomic E-state index is -0.174. The van der Waals surface area contributed by atoms with Gasteiger partial charge in [-0.15, -0.1) is 0 Å². The molecule has 5 nitrogen and oxygen atoms in total. The monoisotopic (exact) mass is 208 g/mol. The van der Waals surface area contributed by atoms with E-state index in [1.54, 1.807) is 4.68 Å². The third-order valence-electron chi connectivity index (χ3n) is 2.71. The van der Waals surface area contributed by atoms with Gasteiger partial charge in [0.1, 0.15) is 17.5 Å². The summed E-state index contributed by atoms with van der Waals surface area (Å²) in [5, 5.41) is 10.4. The van der Waals surface area contributed by atoms with E-state index in [0.717, 1.165) is 17.2 Å². The van der Waals surface area contributed by atoms with E-state index in [9.17, 15) is 4.79 Å². The minimum Gasteiger partial charge on any atom is -0.357 e. The van der Waals surface area contributed by atoms with Crippen LogP contribution >= 0.6 is 0 Å². The van der Waals surface area contributed by atoms with E-state index in [1.807, 2.05) is 27.8 Å². The fourth-order valence-corrected chi connectivity index (χ4v) is 1.86. The lowest BCUT2D eigenvalue weighted by Crippen LogP contribution is -2.42. The molecule has 0 spiro atoms. The van der Waals surface area contributed by atoms with Crippen LogP contribution in [0.25, 0.3) is 0 Å². The molecule has 1 amide bonds. The predicted molar refractivity (Wildman–Crippen MR) is 58.8 cm³/mol. The van der Waals surface area contributed by atoms with Crippen molar-refractivity contribution >= 4 is 17.4 Å². The maximum Gasteiger partial charge on any atom is 0.247 e. The van der Waals surface area contributed by atoms with Crippen LogP contribution in [-0.2, 0) is 11.8 Å². The molecule has 1 aromatic rings. The molecule has 1 unspecified atom stereocenters. The number of hydrogen-bond acceptors (Lipinski definition) is 3. The molecule has 0 radical (unpaired) electrons. The summed E-state index contributed by atoms with van der Waals surface area (Å²) in [5.74, 6) is 1.17. The second-order valence-electron chi connectivity index (χ2n) is 4.29. The summed E-state index contributed by atoms with van der Waals surface area (Å²) in [4.78, 5) is 11.7. The minimum absolute atomic E-state index is 0.0219. The fourth-order valence-electron chi connectivity index (χ4n) is 1.86. The quantitative estimate of drug-likeness (QED) is 0.727. The van der Waals surface area contributed by atoms with Crippen LogP contribution in [0.1, 0.15) is 19.5 Å². The summed E-state index contributed by atoms with van der Waals surface area (Å²) in [5.41, 5.74) is 1.65. The molecule has 1 aliphatic rings. The molecule has 0 bridgehead atoms. The van der Waals surface area contributed by atoms with Gasteiger partial charge in [-0.05, 0) is 12.8 Å². The highest BCUT2D eigenvalue weighted by Crippen LogP contribution is 2.30. The summed E-state index contributed by atoms with van der Waals surface area (Å²) < 4.78 is 1.76. The topological polar surface area (TPSA) is 59.0 Å². The number of rotatable bonds is 1. The van der Waals surface area contributed by atoms with Crippen molar-refractivity contribution in [3.63, 3.8) is 0 Å². The standard InChI is InChI=1S/C10H16N4O/c1-5(2)7-10(15)12-8-6(3)13-14(4)9(8)11-7/h5,7,11H,1-4H3,(H,12,15). The Morgan fingerprint density at radius 1 is 1.47 bits per heavy atom. The Kier molecular flexibility index (Phi) is 2.17. The molecule has 2 N–H and O–H groups in total. The van der Waals surface area contributed by atoms with Crippen molar-refractivity contribution in [3.05, 3.63) is 5.69 Å². The second kappa shape index (κ2) is 3.25. The Morgan fingerprint density at radius 3 is 2.73 bits per heavy atom. The predicted octanol–water partition coefficient (Wildman–Crippen LogP) is 1.12. The fraction of sp³-hybridized carbons (Fsp3) is 0.600. The van der Waals surface area contributed by atoms with Gasteiger partial charge in [0.25, 0.3) is 0 Å². The van der Waals surface area contributed by atoms with Gasteiger partial charge in [0.15, 0.2) is 0 Å². The van der Waals surface area contributed by atoms with E-state index in [1.165, 1.54) is 0 Å². The van der Waals surface area contributed by atoms with E-state index in [4.69, 9.17) is 0 Å². The molecule has 5 heteroatoms. The van der Waals surface area contributed by atoms with E-state index >= 15 is 0 Å². The van der Waals surface area contributed by atoms with Crippen LogP contribution in [0.5, 0.6) is 0 Å². The van der Waals surface area contributed by atoms with Crippen molar-refractivity contribution < 1.29 is 4.79 Å². The molecule has 0 saturated heterocycles. The van der Waals surface area contributed by atoms with Crippen LogP contribution in [-0.4, -0.2) is 21.7 Å². The summed E-state index contributed by atoms with van der Waals surface area (Å²) in [6.45, 7) is 5.92. The molecule has 2 rings (SSSR count). The van der Waals surface area contributed by atoms with Gasteiger partial charge in [0.05, 0.1) is 5.69 Å². The van der Waals surface area contributed by atoms with Crippen molar-refractivity contribution in [2.75, 3.05) is 10.6 Å². The molecule has 0 aliphatic carbocycles. The van der Waals surface area contributed by atoms with Gasteiger partial charge >= 0.3 is 0 Å². The molecular weight excluding hydrogens is 192 g/mol. The first-order valence-electron chi connectivity index (χ1n) is 5.11. The molecule has 1 atom stereocenters. The van der Waals surface area contributed by atoms with Crippen LogP contribution < -0.4 is 10.6 Å². The molecule has 0 saturated carbocycles. The highest BCUT2D eigenvalue weighted by Gasteiger charge is 2.31. The summed E-state index contributed by atoms with van der Waals surface area (Å²) in [6.07, 6.45) is 0. The summed E-state index contributed by atoms with van der Waals surface area (Å²) in [7, 11) is 1.87. The number of nitrogens with one attached hydrogen (secondary N) is 2. The van der Waals surface area contributed by atoms with Crippen LogP contribution in [0, 0.1) is 12.8 Å². The third kappa shape index (κ3) is 1.48. The number of carbonyl (C=O) groups is 1. The number of aryl methyl sites for hydroxylation is 2. The molecule has 15 heavy (non-hydrogen) atoms. The number of carbonyl (C=O) groups excluding carboxylic acids is 1. The number of anilines is 2. The average Bonchev–Trinajstić information content (AvgIpc) is 2.41. The van der Waals surface area contributed by atoms with Crippen molar-refractivity contribution in [1.82, 2.24) is 9.78 Å². The zero-order chi connectivity index (χ0) is 11.2. The normalized spacial score (nSPS) is 19.8. The largest absolute Gasteiger partial charge is 0.357 e. The highest BCUT2D eigenvalue weighted by molar-refractivity contribution is 6.03. The van der Waals surface area contributed by atoms with E-state index in [-0.39, 0.29) is 17.9 Å². The van der Waals surface area contributed by atoms with Gasteiger partial charge in [-0.25, -0.2) is 0 Å². The number of nitrogens with zero attached hydrogens (tertiary/aromatic N) is 2. The SMILES string of the molecule is Cc1nn(C)c2c1NC(=O)C(C(C)C)N2. The number of hydrogen-bond donors (Lipinski definition) is 2.